The molecule has 2 heteroatoms. The van der Waals surface area contributed by atoms with Gasteiger partial charge in [-0.2, -0.15) is 0 Å². The Morgan fingerprint density at radius 1 is 1.00 bits per heavy atom. The van der Waals surface area contributed by atoms with Gasteiger partial charge in [-0.15, -0.1) is 0 Å². The molecule has 0 aromatic heterocycles. The SMILES string of the molecule is CN(CC1CCCN1)C1C2CC3CC(C2)CC1C3. The summed E-state index contributed by atoms with van der Waals surface area (Å²) >= 11 is 0. The first-order chi connectivity index (χ1) is 8.79. The van der Waals surface area contributed by atoms with E-state index >= 15 is 0 Å². The Bertz CT molecular complexity index is 280. The Morgan fingerprint density at radius 3 is 2.22 bits per heavy atom. The minimum atomic E-state index is 0.784. The van der Waals surface area contributed by atoms with Gasteiger partial charge in [0.05, 0.1) is 0 Å². The summed E-state index contributed by atoms with van der Waals surface area (Å²) in [5, 5.41) is 3.67. The summed E-state index contributed by atoms with van der Waals surface area (Å²) in [7, 11) is 2.41. The zero-order valence-electron chi connectivity index (χ0n) is 11.8. The molecule has 102 valence electrons. The van der Waals surface area contributed by atoms with Crippen molar-refractivity contribution < 1.29 is 0 Å². The summed E-state index contributed by atoms with van der Waals surface area (Å²) in [5.74, 6) is 4.32. The highest BCUT2D eigenvalue weighted by Gasteiger charge is 2.49. The molecule has 0 aromatic rings. The normalized spacial score (nSPS) is 50.3. The zero-order chi connectivity index (χ0) is 12.1. The van der Waals surface area contributed by atoms with Gasteiger partial charge in [-0.1, -0.05) is 0 Å². The molecular formula is C16H28N2. The monoisotopic (exact) mass is 248 g/mol. The highest BCUT2D eigenvalue weighted by Crippen LogP contribution is 2.54. The minimum absolute atomic E-state index is 0.784. The highest BCUT2D eigenvalue weighted by molar-refractivity contribution is 5.02. The van der Waals surface area contributed by atoms with E-state index in [1.807, 2.05) is 0 Å². The van der Waals surface area contributed by atoms with Crippen molar-refractivity contribution in [3.8, 4) is 0 Å². The van der Waals surface area contributed by atoms with Gasteiger partial charge in [-0.3, -0.25) is 0 Å². The molecular weight excluding hydrogens is 220 g/mol. The lowest BCUT2D eigenvalue weighted by molar-refractivity contribution is -0.0589. The van der Waals surface area contributed by atoms with E-state index in [4.69, 9.17) is 0 Å². The van der Waals surface area contributed by atoms with E-state index < -0.39 is 0 Å². The first-order valence-electron chi connectivity index (χ1n) is 8.23. The Morgan fingerprint density at radius 2 is 1.67 bits per heavy atom. The number of hydrogen-bond donors (Lipinski definition) is 1. The second-order valence-electron chi connectivity index (χ2n) is 7.65. The molecule has 0 aromatic carbocycles. The van der Waals surface area contributed by atoms with Crippen molar-refractivity contribution in [1.82, 2.24) is 10.2 Å². The molecule has 0 spiro atoms. The second kappa shape index (κ2) is 4.49. The molecule has 5 fully saturated rings. The highest BCUT2D eigenvalue weighted by atomic mass is 15.2. The van der Waals surface area contributed by atoms with E-state index in [2.05, 4.69) is 17.3 Å². The third-order valence-electron chi connectivity index (χ3n) is 6.36. The summed E-state index contributed by atoms with van der Waals surface area (Å²) in [6.45, 7) is 2.55. The number of likely N-dealkylation sites (N-methyl/N-ethyl adjacent to an activating group) is 1. The molecule has 4 bridgehead atoms. The Kier molecular flexibility index (Phi) is 2.92. The van der Waals surface area contributed by atoms with Crippen LogP contribution in [0.3, 0.4) is 0 Å². The smallest absolute Gasteiger partial charge is 0.0195 e. The lowest BCUT2D eigenvalue weighted by Gasteiger charge is -2.57. The van der Waals surface area contributed by atoms with Crippen molar-refractivity contribution in [2.75, 3.05) is 20.1 Å². The molecule has 4 aliphatic carbocycles. The standard InChI is InChI=1S/C16H28N2/c1-18(10-15-3-2-4-17-15)16-13-6-11-5-12(8-13)9-14(16)7-11/h11-17H,2-10H2,1H3. The number of nitrogens with one attached hydrogen (secondary N) is 1. The maximum Gasteiger partial charge on any atom is 0.0195 e. The summed E-state index contributed by atoms with van der Waals surface area (Å²) in [6.07, 6.45) is 10.6. The van der Waals surface area contributed by atoms with Crippen LogP contribution in [0.25, 0.3) is 0 Å². The average molecular weight is 248 g/mol. The predicted molar refractivity (Wildman–Crippen MR) is 74.5 cm³/mol. The molecule has 4 saturated carbocycles. The van der Waals surface area contributed by atoms with Gasteiger partial charge in [0.2, 0.25) is 0 Å². The van der Waals surface area contributed by atoms with Crippen LogP contribution in [-0.2, 0) is 0 Å². The largest absolute Gasteiger partial charge is 0.313 e. The van der Waals surface area contributed by atoms with Gasteiger partial charge in [0.1, 0.15) is 0 Å². The molecule has 1 unspecified atom stereocenters. The molecule has 0 amide bonds. The van der Waals surface area contributed by atoms with Gasteiger partial charge in [-0.05, 0) is 82.2 Å². The fourth-order valence-corrected chi connectivity index (χ4v) is 6.00. The first kappa shape index (κ1) is 11.7. The van der Waals surface area contributed by atoms with E-state index in [-0.39, 0.29) is 0 Å². The van der Waals surface area contributed by atoms with Crippen LogP contribution >= 0.6 is 0 Å². The van der Waals surface area contributed by atoms with Gasteiger partial charge in [-0.25, -0.2) is 0 Å². The average Bonchev–Trinajstić information content (AvgIpc) is 2.80. The molecule has 1 N–H and O–H groups in total. The van der Waals surface area contributed by atoms with Crippen LogP contribution in [0.1, 0.15) is 44.9 Å². The predicted octanol–water partition coefficient (Wildman–Crippen LogP) is 2.49. The minimum Gasteiger partial charge on any atom is -0.313 e. The topological polar surface area (TPSA) is 15.3 Å². The van der Waals surface area contributed by atoms with Crippen LogP contribution in [-0.4, -0.2) is 37.1 Å². The lowest BCUT2D eigenvalue weighted by atomic mass is 9.54. The Hall–Kier alpha value is -0.0800. The van der Waals surface area contributed by atoms with Crippen LogP contribution in [0.5, 0.6) is 0 Å². The van der Waals surface area contributed by atoms with E-state index in [0.29, 0.717) is 0 Å². The number of nitrogens with zero attached hydrogens (tertiary/aromatic N) is 1. The van der Waals surface area contributed by atoms with Crippen LogP contribution in [0.2, 0.25) is 0 Å². The van der Waals surface area contributed by atoms with Gasteiger partial charge in [0, 0.05) is 18.6 Å². The van der Waals surface area contributed by atoms with Crippen LogP contribution in [0, 0.1) is 23.7 Å². The van der Waals surface area contributed by atoms with E-state index in [1.54, 1.807) is 32.1 Å². The molecule has 1 heterocycles. The van der Waals surface area contributed by atoms with Gasteiger partial charge < -0.3 is 10.2 Å². The number of rotatable bonds is 3. The van der Waals surface area contributed by atoms with Crippen molar-refractivity contribution in [3.63, 3.8) is 0 Å². The quantitative estimate of drug-likeness (QED) is 0.825. The molecule has 5 aliphatic rings. The molecule has 1 aliphatic heterocycles. The summed E-state index contributed by atoms with van der Waals surface area (Å²) in [4.78, 5) is 2.75. The molecule has 5 rings (SSSR count). The van der Waals surface area contributed by atoms with Crippen molar-refractivity contribution in [2.24, 2.45) is 23.7 Å². The first-order valence-corrected chi connectivity index (χ1v) is 8.23. The third kappa shape index (κ3) is 1.92. The van der Waals surface area contributed by atoms with E-state index in [9.17, 15) is 0 Å². The van der Waals surface area contributed by atoms with Crippen LogP contribution in [0.15, 0.2) is 0 Å². The summed E-state index contributed by atoms with van der Waals surface area (Å²) in [5.41, 5.74) is 0. The third-order valence-corrected chi connectivity index (χ3v) is 6.36. The van der Waals surface area contributed by atoms with E-state index in [0.717, 1.165) is 35.8 Å². The molecule has 18 heavy (non-hydrogen) atoms. The van der Waals surface area contributed by atoms with E-state index in [1.165, 1.54) is 25.9 Å². The maximum absolute atomic E-state index is 3.67. The molecule has 1 atom stereocenters. The summed E-state index contributed by atoms with van der Waals surface area (Å²) in [6, 6.07) is 1.72. The molecule has 1 saturated heterocycles. The van der Waals surface area contributed by atoms with Gasteiger partial charge >= 0.3 is 0 Å². The van der Waals surface area contributed by atoms with Crippen molar-refractivity contribution in [3.05, 3.63) is 0 Å². The fourth-order valence-electron chi connectivity index (χ4n) is 6.00. The van der Waals surface area contributed by atoms with Crippen LogP contribution in [0.4, 0.5) is 0 Å². The Labute approximate surface area is 111 Å². The molecule has 2 nitrogen and oxygen atoms in total. The zero-order valence-corrected chi connectivity index (χ0v) is 11.8. The van der Waals surface area contributed by atoms with Crippen molar-refractivity contribution in [2.45, 2.75) is 57.0 Å². The van der Waals surface area contributed by atoms with Gasteiger partial charge in [0.15, 0.2) is 0 Å². The van der Waals surface area contributed by atoms with Crippen molar-refractivity contribution in [1.29, 1.82) is 0 Å². The Balaban J connectivity index is 1.44. The lowest BCUT2D eigenvalue weighted by Crippen LogP contribution is -2.56. The summed E-state index contributed by atoms with van der Waals surface area (Å²) < 4.78 is 0. The second-order valence-corrected chi connectivity index (χ2v) is 7.65. The number of hydrogen-bond acceptors (Lipinski definition) is 2. The van der Waals surface area contributed by atoms with Crippen molar-refractivity contribution >= 4 is 0 Å². The fraction of sp³-hybridized carbons (Fsp3) is 1.00. The van der Waals surface area contributed by atoms with Crippen LogP contribution < -0.4 is 5.32 Å². The maximum atomic E-state index is 3.67. The van der Waals surface area contributed by atoms with Gasteiger partial charge in [0.25, 0.3) is 0 Å². The molecule has 0 radical (unpaired) electrons.